The Hall–Kier alpha value is -5.32. The number of hydrogen-bond donors (Lipinski definition) is 3. The normalized spacial score (nSPS) is 29.6. The van der Waals surface area contributed by atoms with Crippen molar-refractivity contribution < 1.29 is 64.8 Å². The van der Waals surface area contributed by atoms with E-state index in [1.165, 1.54) is 30.4 Å². The van der Waals surface area contributed by atoms with Gasteiger partial charge in [0.05, 0.1) is 58.3 Å². The van der Waals surface area contributed by atoms with E-state index in [0.717, 1.165) is 4.90 Å². The van der Waals surface area contributed by atoms with Gasteiger partial charge >= 0.3 is 12.3 Å². The van der Waals surface area contributed by atoms with Crippen molar-refractivity contribution in [3.8, 4) is 34.1 Å². The van der Waals surface area contributed by atoms with Crippen LogP contribution in [0.25, 0.3) is 22.6 Å². The predicted octanol–water partition coefficient (Wildman–Crippen LogP) is 6.87. The molecule has 0 spiro atoms. The standard InChI is InChI=1S/C48H59F3N6O11S2/c1-6-38-40(56(45(61)62)31-12-9-19-65-24-31)43(59)57-37(42(58)54-47(23-30(47)11-8-7-10-28(4)67-38)44(60)55-70(63,64)46(5)17-18-46)22-39(41(57)48(49,50)51)68-33-20-34(53-35(21-33)36-25-69-26-52-36)29-13-15-32(16-14-29)66-27(2)3/h8,11,13-16,20-21,25-28,30-31,37-41H,6-7,9-10,12,17-19,22-24H2,1-5H3,(H,54,58)(H,55,60)(H,61,62)/b11-8-/t28-,30-,31?,37+,38+,39-,40+,41?,47-/m1/s1. The molecule has 0 radical (unpaired) electrons. The highest BCUT2D eigenvalue weighted by Crippen LogP contribution is 2.48. The second-order valence-corrected chi connectivity index (χ2v) is 22.3. The maximum atomic E-state index is 16.2. The van der Waals surface area contributed by atoms with Crippen LogP contribution in [0.1, 0.15) is 92.4 Å². The van der Waals surface area contributed by atoms with Crippen LogP contribution in [-0.4, -0.2) is 135 Å². The van der Waals surface area contributed by atoms with Crippen molar-refractivity contribution in [3.63, 3.8) is 0 Å². The van der Waals surface area contributed by atoms with Gasteiger partial charge in [-0.15, -0.1) is 11.3 Å². The van der Waals surface area contributed by atoms with Gasteiger partial charge in [0, 0.05) is 42.0 Å². The first-order valence-electron chi connectivity index (χ1n) is 23.7. The molecule has 22 heteroatoms. The van der Waals surface area contributed by atoms with Crippen molar-refractivity contribution in [2.75, 3.05) is 13.2 Å². The maximum absolute atomic E-state index is 16.2. The number of pyridine rings is 1. The summed E-state index contributed by atoms with van der Waals surface area (Å²) in [6, 6.07) is 1.93. The molecule has 1 aromatic carbocycles. The second-order valence-electron chi connectivity index (χ2n) is 19.3. The number of amides is 4. The zero-order chi connectivity index (χ0) is 50.3. The van der Waals surface area contributed by atoms with Crippen molar-refractivity contribution in [3.05, 3.63) is 59.4 Å². The van der Waals surface area contributed by atoms with Crippen molar-refractivity contribution in [1.29, 1.82) is 0 Å². The number of rotatable bonds is 12. The number of sulfonamides is 1. The van der Waals surface area contributed by atoms with E-state index in [1.807, 2.05) is 13.8 Å². The molecule has 5 heterocycles. The third-order valence-electron chi connectivity index (χ3n) is 13.8. The lowest BCUT2D eigenvalue weighted by molar-refractivity contribution is -0.202. The molecule has 2 saturated carbocycles. The van der Waals surface area contributed by atoms with Gasteiger partial charge in [-0.05, 0) is 103 Å². The Morgan fingerprint density at radius 3 is 2.44 bits per heavy atom. The fourth-order valence-electron chi connectivity index (χ4n) is 9.66. The smallest absolute Gasteiger partial charge is 0.412 e. The summed E-state index contributed by atoms with van der Waals surface area (Å²) in [5.74, 6) is -3.95. The number of ether oxygens (including phenoxy) is 4. The molecule has 0 bridgehead atoms. The van der Waals surface area contributed by atoms with E-state index in [1.54, 1.807) is 61.2 Å². The Kier molecular flexibility index (Phi) is 14.6. The van der Waals surface area contributed by atoms with Crippen LogP contribution in [0.15, 0.2) is 59.4 Å². The number of alkyl halides is 3. The molecule has 9 atom stereocenters. The van der Waals surface area contributed by atoms with E-state index >= 15 is 22.8 Å². The van der Waals surface area contributed by atoms with Crippen molar-refractivity contribution in [1.82, 2.24) is 29.8 Å². The summed E-state index contributed by atoms with van der Waals surface area (Å²) in [5.41, 5.74) is 1.13. The monoisotopic (exact) mass is 1020 g/mol. The third-order valence-corrected chi connectivity index (χ3v) is 16.6. The average Bonchev–Trinajstić information content (AvgIpc) is 4.07. The lowest BCUT2D eigenvalue weighted by Gasteiger charge is -2.44. The zero-order valence-electron chi connectivity index (χ0n) is 39.5. The van der Waals surface area contributed by atoms with Crippen LogP contribution < -0.4 is 19.5 Å². The minimum atomic E-state index is -5.31. The Labute approximate surface area is 408 Å². The first kappa shape index (κ1) is 51.0. The highest BCUT2D eigenvalue weighted by Gasteiger charge is 2.66. The van der Waals surface area contributed by atoms with Gasteiger partial charge in [-0.25, -0.2) is 23.2 Å². The van der Waals surface area contributed by atoms with Gasteiger partial charge in [-0.1, -0.05) is 19.1 Å². The number of allylic oxidation sites excluding steroid dienone is 1. The SMILES string of the molecule is CC[C@@H]1O[C@H](C)CC/C=C\[C@@H]2C[C@@]2(C(=O)NS(=O)(=O)C2(C)CC2)NC(=O)[C@@H]2C[C@@H](Oc3cc(-c4ccc(OC(C)C)cc4)nc(-c4cscn4)c3)C(C(F)(F)F)N2C(=O)[C@H]1N(C(=O)O)C1CCCOC1. The first-order valence-corrected chi connectivity index (χ1v) is 26.1. The molecule has 4 fully saturated rings. The molecule has 5 aliphatic rings. The number of halogens is 3. The molecule has 3 aromatic rings. The number of carbonyl (C=O) groups excluding carboxylic acids is 3. The molecule has 2 saturated heterocycles. The summed E-state index contributed by atoms with van der Waals surface area (Å²) < 4.78 is 101. The van der Waals surface area contributed by atoms with Crippen LogP contribution in [0.2, 0.25) is 0 Å². The summed E-state index contributed by atoms with van der Waals surface area (Å²) in [6.07, 6.45) is -6.60. The van der Waals surface area contributed by atoms with Crippen LogP contribution in [0, 0.1) is 5.92 Å². The Bertz CT molecular complexity index is 2560. The van der Waals surface area contributed by atoms with Crippen molar-refractivity contribution in [2.45, 2.75) is 157 Å². The summed E-state index contributed by atoms with van der Waals surface area (Å²) in [5, 5.41) is 15.2. The van der Waals surface area contributed by atoms with Gasteiger partial charge in [0.15, 0.2) is 6.04 Å². The van der Waals surface area contributed by atoms with Gasteiger partial charge in [-0.3, -0.25) is 24.0 Å². The number of hydrogen-bond acceptors (Lipinski definition) is 13. The van der Waals surface area contributed by atoms with E-state index in [9.17, 15) is 23.1 Å². The van der Waals surface area contributed by atoms with E-state index < -0.39 is 105 Å². The molecule has 380 valence electrons. The molecule has 3 N–H and O–H groups in total. The summed E-state index contributed by atoms with van der Waals surface area (Å²) in [4.78, 5) is 68.6. The van der Waals surface area contributed by atoms with Gasteiger partial charge in [0.25, 0.3) is 5.91 Å². The molecule has 8 rings (SSSR count). The lowest BCUT2D eigenvalue weighted by atomic mass is 9.99. The van der Waals surface area contributed by atoms with E-state index in [0.29, 0.717) is 66.3 Å². The summed E-state index contributed by atoms with van der Waals surface area (Å²) in [6.45, 7) is 8.71. The van der Waals surface area contributed by atoms with E-state index in [4.69, 9.17) is 23.9 Å². The number of nitrogens with zero attached hydrogens (tertiary/aromatic N) is 4. The topological polar surface area (TPSA) is 216 Å². The molecular weight excluding hydrogens is 958 g/mol. The van der Waals surface area contributed by atoms with Crippen LogP contribution in [0.4, 0.5) is 18.0 Å². The molecule has 2 unspecified atom stereocenters. The fourth-order valence-corrected chi connectivity index (χ4v) is 11.5. The predicted molar refractivity (Wildman–Crippen MR) is 250 cm³/mol. The van der Waals surface area contributed by atoms with Crippen LogP contribution in [0.3, 0.4) is 0 Å². The number of fused-ring (bicyclic) bond motifs is 2. The number of thiazole rings is 1. The molecule has 4 amide bonds. The van der Waals surface area contributed by atoms with Crippen molar-refractivity contribution >= 4 is 45.2 Å². The number of nitrogens with one attached hydrogen (secondary N) is 2. The summed E-state index contributed by atoms with van der Waals surface area (Å²) in [7, 11) is -4.24. The first-order chi connectivity index (χ1) is 33.1. The molecule has 3 aliphatic heterocycles. The minimum absolute atomic E-state index is 0.0161. The maximum Gasteiger partial charge on any atom is 0.412 e. The highest BCUT2D eigenvalue weighted by atomic mass is 32.2. The van der Waals surface area contributed by atoms with Gasteiger partial charge < -0.3 is 34.3 Å². The highest BCUT2D eigenvalue weighted by molar-refractivity contribution is 7.91. The van der Waals surface area contributed by atoms with Crippen molar-refractivity contribution in [2.24, 2.45) is 5.92 Å². The van der Waals surface area contributed by atoms with Gasteiger partial charge in [0.2, 0.25) is 21.8 Å². The number of aromatic nitrogens is 2. The second kappa shape index (κ2) is 20.1. The van der Waals surface area contributed by atoms with Crippen LogP contribution in [0.5, 0.6) is 11.5 Å². The molecule has 70 heavy (non-hydrogen) atoms. The Morgan fingerprint density at radius 1 is 1.10 bits per heavy atom. The molecule has 17 nitrogen and oxygen atoms in total. The van der Waals surface area contributed by atoms with Crippen LogP contribution in [-0.2, 0) is 33.9 Å². The molecular formula is C48H59F3N6O11S2. The van der Waals surface area contributed by atoms with Gasteiger partial charge in [0.1, 0.15) is 35.2 Å². The largest absolute Gasteiger partial charge is 0.491 e. The summed E-state index contributed by atoms with van der Waals surface area (Å²) >= 11 is 1.27. The quantitative estimate of drug-likeness (QED) is 0.158. The number of carboxylic acid groups (broad SMARTS) is 1. The number of benzene rings is 1. The van der Waals surface area contributed by atoms with Crippen LogP contribution >= 0.6 is 11.3 Å². The minimum Gasteiger partial charge on any atom is -0.491 e. The third kappa shape index (κ3) is 10.6. The zero-order valence-corrected chi connectivity index (χ0v) is 41.1. The van der Waals surface area contributed by atoms with E-state index in [-0.39, 0.29) is 43.4 Å². The van der Waals surface area contributed by atoms with E-state index in [2.05, 4.69) is 15.0 Å². The molecule has 2 aromatic heterocycles. The number of carbonyl (C=O) groups is 4. The Morgan fingerprint density at radius 2 is 1.83 bits per heavy atom. The average molecular weight is 1020 g/mol. The lowest BCUT2D eigenvalue weighted by Crippen LogP contribution is -2.66. The fraction of sp³-hybridized carbons (Fsp3) is 0.583. The van der Waals surface area contributed by atoms with Gasteiger partial charge in [-0.2, -0.15) is 13.2 Å². The molecule has 2 aliphatic carbocycles. The Balaban J connectivity index is 1.25.